The van der Waals surface area contributed by atoms with Crippen LogP contribution in [0.3, 0.4) is 0 Å². The second kappa shape index (κ2) is 19.5. The summed E-state index contributed by atoms with van der Waals surface area (Å²) in [6.45, 7) is 19.6. The summed E-state index contributed by atoms with van der Waals surface area (Å²) in [4.78, 5) is 9.54. The number of aryl methyl sites for hydroxylation is 1. The van der Waals surface area contributed by atoms with Gasteiger partial charge in [-0.05, 0) is 116 Å². The predicted molar refractivity (Wildman–Crippen MR) is 282 cm³/mol. The van der Waals surface area contributed by atoms with Crippen molar-refractivity contribution in [3.63, 3.8) is 0 Å². The average Bonchev–Trinajstić information content (AvgIpc) is 3.92. The first-order valence-electron chi connectivity index (χ1n) is 25.1. The zero-order chi connectivity index (χ0) is 50.6. The number of furan rings is 1. The van der Waals surface area contributed by atoms with E-state index >= 15 is 0 Å². The Balaban J connectivity index is 0.000000265. The molecule has 0 bridgehead atoms. The van der Waals surface area contributed by atoms with Crippen LogP contribution in [0.2, 0.25) is 0 Å². The van der Waals surface area contributed by atoms with Crippen LogP contribution in [0, 0.1) is 24.8 Å². The van der Waals surface area contributed by atoms with Crippen LogP contribution in [0.4, 0.5) is 4.39 Å². The van der Waals surface area contributed by atoms with E-state index in [1.165, 1.54) is 57.4 Å². The van der Waals surface area contributed by atoms with E-state index in [1.54, 1.807) is 12.1 Å². The standard InChI is InChI=1S/C47H43N2O.C16H17FN.Ir/c1-29(2)39-26-34(32-20-23-35(24-21-32)47(5,6)7)27-40(30(3)4)44(39)49-42-19-12-11-18-41(42)48-46(49)38-17-13-16-37-36-25-22-33(28-43(36)50-45(37)38)31-14-9-8-10-15-31;1-11-10-18-15(9-14(11)16(2,3)4)12-5-7-13(17)8-6-12;/h8-16,18-30H,1-7H3;5,7-10H,1-4H3;/q2*-1;/i;1D3;. The number of para-hydroxylation sites is 2. The van der Waals surface area contributed by atoms with Crippen LogP contribution in [-0.4, -0.2) is 14.5 Å². The van der Waals surface area contributed by atoms with Crippen LogP contribution >= 0.6 is 0 Å². The molecular formula is C63H60FIrN3O-2. The molecule has 0 saturated heterocycles. The number of aromatic nitrogens is 3. The number of rotatable bonds is 7. The Labute approximate surface area is 425 Å². The summed E-state index contributed by atoms with van der Waals surface area (Å²) >= 11 is 0. The maximum atomic E-state index is 13.0. The quantitative estimate of drug-likeness (QED) is 0.149. The minimum absolute atomic E-state index is 0. The molecule has 4 nitrogen and oxygen atoms in total. The van der Waals surface area contributed by atoms with Crippen molar-refractivity contribution in [3.8, 4) is 50.6 Å². The molecule has 69 heavy (non-hydrogen) atoms. The van der Waals surface area contributed by atoms with Crippen LogP contribution in [0.25, 0.3) is 83.6 Å². The summed E-state index contributed by atoms with van der Waals surface area (Å²) in [6, 6.07) is 55.8. The Morgan fingerprint density at radius 2 is 1.33 bits per heavy atom. The van der Waals surface area contributed by atoms with E-state index in [1.807, 2.05) is 32.9 Å². The van der Waals surface area contributed by atoms with E-state index in [0.29, 0.717) is 16.8 Å². The number of benzene rings is 7. The Morgan fingerprint density at radius 3 is 1.97 bits per heavy atom. The van der Waals surface area contributed by atoms with Crippen molar-refractivity contribution in [2.75, 3.05) is 0 Å². The molecule has 0 fully saturated rings. The summed E-state index contributed by atoms with van der Waals surface area (Å²) in [6.07, 6.45) is 1.39. The minimum atomic E-state index is -2.21. The number of nitrogens with zero attached hydrogens (tertiary/aromatic N) is 3. The van der Waals surface area contributed by atoms with Gasteiger partial charge in [0.1, 0.15) is 5.58 Å². The van der Waals surface area contributed by atoms with Gasteiger partial charge >= 0.3 is 0 Å². The molecule has 7 aromatic carbocycles. The average molecular weight is 1090 g/mol. The van der Waals surface area contributed by atoms with E-state index < -0.39 is 6.85 Å². The molecule has 3 heterocycles. The first-order valence-corrected chi connectivity index (χ1v) is 23.6. The molecule has 0 aliphatic rings. The third-order valence-corrected chi connectivity index (χ3v) is 12.8. The van der Waals surface area contributed by atoms with Gasteiger partial charge in [0.25, 0.3) is 0 Å². The zero-order valence-electron chi connectivity index (χ0n) is 44.0. The van der Waals surface area contributed by atoms with Crippen molar-refractivity contribution >= 4 is 33.0 Å². The molecule has 0 N–H and O–H groups in total. The van der Waals surface area contributed by atoms with Gasteiger partial charge in [-0.2, -0.15) is 0 Å². The smallest absolute Gasteiger partial charge is 0.121 e. The van der Waals surface area contributed by atoms with Gasteiger partial charge in [-0.1, -0.05) is 165 Å². The van der Waals surface area contributed by atoms with Gasteiger partial charge in [-0.25, -0.2) is 0 Å². The Bertz CT molecular complexity index is 3510. The molecule has 0 saturated carbocycles. The normalized spacial score (nSPS) is 12.7. The molecule has 1 radical (unpaired) electrons. The van der Waals surface area contributed by atoms with E-state index in [4.69, 9.17) is 13.5 Å². The predicted octanol–water partition coefficient (Wildman–Crippen LogP) is 17.6. The van der Waals surface area contributed by atoms with E-state index in [0.717, 1.165) is 49.9 Å². The van der Waals surface area contributed by atoms with Crippen molar-refractivity contribution in [2.24, 2.45) is 0 Å². The Morgan fingerprint density at radius 1 is 0.667 bits per heavy atom. The van der Waals surface area contributed by atoms with Crippen molar-refractivity contribution in [3.05, 3.63) is 198 Å². The SMILES string of the molecule is CC(C)c1cc(-c2ccc(C(C)(C)C)cc2)cc(C(C)C)c1-n1c(-c2[c-]ccc3c2oc2cc(-c4ccccc4)ccc23)nc2ccccc21.[2H]C([2H])([2H])c1cnc(-c2[c-]cc(F)cc2)cc1C(C)(C)C.[Ir]. The van der Waals surface area contributed by atoms with Crippen LogP contribution in [0.5, 0.6) is 0 Å². The fourth-order valence-corrected chi connectivity index (χ4v) is 9.07. The summed E-state index contributed by atoms with van der Waals surface area (Å²) in [7, 11) is 0. The second-order valence-corrected chi connectivity index (χ2v) is 20.5. The van der Waals surface area contributed by atoms with Gasteiger partial charge < -0.3 is 14.0 Å². The molecule has 6 heteroatoms. The van der Waals surface area contributed by atoms with E-state index in [2.05, 4.69) is 179 Å². The monoisotopic (exact) mass is 1090 g/mol. The van der Waals surface area contributed by atoms with Crippen molar-refractivity contribution in [1.29, 1.82) is 0 Å². The second-order valence-electron chi connectivity index (χ2n) is 20.5. The summed E-state index contributed by atoms with van der Waals surface area (Å²) < 4.78 is 45.0. The number of halogens is 1. The zero-order valence-corrected chi connectivity index (χ0v) is 43.4. The molecule has 0 amide bonds. The molecule has 0 atom stereocenters. The van der Waals surface area contributed by atoms with Gasteiger partial charge in [-0.3, -0.25) is 9.37 Å². The number of fused-ring (bicyclic) bond motifs is 4. The molecular weight excluding hydrogens is 1030 g/mol. The van der Waals surface area contributed by atoms with Crippen LogP contribution in [0.15, 0.2) is 156 Å². The van der Waals surface area contributed by atoms with Gasteiger partial charge in [0, 0.05) is 47.3 Å². The third kappa shape index (κ3) is 9.89. The van der Waals surface area contributed by atoms with Gasteiger partial charge in [-0.15, -0.1) is 48.0 Å². The topological polar surface area (TPSA) is 43.9 Å². The molecule has 0 aliphatic carbocycles. The molecule has 0 aliphatic heterocycles. The minimum Gasteiger partial charge on any atom is -0.501 e. The molecule has 0 spiro atoms. The van der Waals surface area contributed by atoms with E-state index in [-0.39, 0.29) is 54.2 Å². The number of pyridine rings is 1. The summed E-state index contributed by atoms with van der Waals surface area (Å²) in [5.41, 5.74) is 16.4. The maximum Gasteiger partial charge on any atom is 0.121 e. The third-order valence-electron chi connectivity index (χ3n) is 12.8. The Hall–Kier alpha value is -6.46. The van der Waals surface area contributed by atoms with Crippen molar-refractivity contribution < 1.29 is 33.0 Å². The molecule has 0 unspecified atom stereocenters. The number of imidazole rings is 1. The van der Waals surface area contributed by atoms with E-state index in [9.17, 15) is 4.39 Å². The largest absolute Gasteiger partial charge is 0.501 e. The van der Waals surface area contributed by atoms with Crippen LogP contribution < -0.4 is 0 Å². The Kier molecular flexibility index (Phi) is 12.7. The van der Waals surface area contributed by atoms with Crippen LogP contribution in [0.1, 0.15) is 113 Å². The number of hydrogen-bond acceptors (Lipinski definition) is 3. The molecule has 10 rings (SSSR count). The van der Waals surface area contributed by atoms with Gasteiger partial charge in [0.2, 0.25) is 0 Å². The fourth-order valence-electron chi connectivity index (χ4n) is 9.07. The van der Waals surface area contributed by atoms with Crippen molar-refractivity contribution in [1.82, 2.24) is 14.5 Å². The summed E-state index contributed by atoms with van der Waals surface area (Å²) in [5, 5.41) is 2.15. The van der Waals surface area contributed by atoms with Crippen LogP contribution in [-0.2, 0) is 30.9 Å². The first kappa shape index (κ1) is 45.0. The fraction of sp³-hybridized carbons (Fsp3) is 0.238. The molecule has 3 aromatic heterocycles. The van der Waals surface area contributed by atoms with Gasteiger partial charge in [0.05, 0.1) is 22.4 Å². The maximum absolute atomic E-state index is 13.0. The molecule has 351 valence electrons. The first-order chi connectivity index (χ1) is 33.7. The van der Waals surface area contributed by atoms with Gasteiger partial charge in [0.15, 0.2) is 0 Å². The summed E-state index contributed by atoms with van der Waals surface area (Å²) in [5.74, 6) is 1.01. The molecule has 10 aromatic rings. The number of hydrogen-bond donors (Lipinski definition) is 0. The van der Waals surface area contributed by atoms with Crippen molar-refractivity contribution in [2.45, 2.75) is 98.8 Å².